The van der Waals surface area contributed by atoms with Gasteiger partial charge < -0.3 is 10.1 Å². The van der Waals surface area contributed by atoms with Crippen molar-refractivity contribution in [3.8, 4) is 0 Å². The number of ether oxygens (including phenoxy) is 1. The van der Waals surface area contributed by atoms with Crippen molar-refractivity contribution in [2.75, 3.05) is 7.11 Å². The van der Waals surface area contributed by atoms with Crippen LogP contribution in [0.1, 0.15) is 60.7 Å². The fourth-order valence-electron chi connectivity index (χ4n) is 3.50. The van der Waals surface area contributed by atoms with Crippen LogP contribution in [0.5, 0.6) is 0 Å². The van der Waals surface area contributed by atoms with Crippen LogP contribution in [0.3, 0.4) is 0 Å². The van der Waals surface area contributed by atoms with Crippen LogP contribution < -0.4 is 5.32 Å². The average Bonchev–Trinajstić information content (AvgIpc) is 2.54. The van der Waals surface area contributed by atoms with Gasteiger partial charge in [-0.25, -0.2) is 4.79 Å². The molecule has 1 aliphatic rings. The minimum atomic E-state index is -0.391. The second-order valence-corrected chi connectivity index (χ2v) is 6.97. The van der Waals surface area contributed by atoms with E-state index in [4.69, 9.17) is 0 Å². The zero-order valence-electron chi connectivity index (χ0n) is 14.5. The number of rotatable bonds is 4. The molecule has 0 spiro atoms. The predicted octanol–water partition coefficient (Wildman–Crippen LogP) is 3.66. The normalized spacial score (nSPS) is 24.3. The van der Waals surface area contributed by atoms with Gasteiger partial charge in [-0.1, -0.05) is 27.2 Å². The third-order valence-electron chi connectivity index (χ3n) is 4.91. The molecule has 0 radical (unpaired) electrons. The standard InChI is InChI=1S/C19H27NO3/c1-12(2)16-10-5-13(3)11-17(16)20-18(21)14-6-8-15(9-7-14)19(22)23-4/h6-9,12-13,16-17H,5,10-11H2,1-4H3,(H,20,21)/t13-,16-,17+/m0/s1. The van der Waals surface area contributed by atoms with Gasteiger partial charge in [0, 0.05) is 11.6 Å². The number of hydrogen-bond acceptors (Lipinski definition) is 3. The molecular weight excluding hydrogens is 290 g/mol. The molecule has 4 nitrogen and oxygen atoms in total. The number of amides is 1. The molecule has 1 aromatic carbocycles. The van der Waals surface area contributed by atoms with Gasteiger partial charge in [0.05, 0.1) is 12.7 Å². The molecule has 1 saturated carbocycles. The summed E-state index contributed by atoms with van der Waals surface area (Å²) >= 11 is 0. The molecule has 1 aromatic rings. The molecule has 1 amide bonds. The second kappa shape index (κ2) is 7.62. The third kappa shape index (κ3) is 4.34. The molecule has 0 saturated heterocycles. The van der Waals surface area contributed by atoms with E-state index in [0.29, 0.717) is 28.9 Å². The Hall–Kier alpha value is -1.84. The maximum absolute atomic E-state index is 12.5. The van der Waals surface area contributed by atoms with Crippen molar-refractivity contribution in [2.24, 2.45) is 17.8 Å². The van der Waals surface area contributed by atoms with Crippen molar-refractivity contribution < 1.29 is 14.3 Å². The Bertz CT molecular complexity index is 550. The van der Waals surface area contributed by atoms with Crippen molar-refractivity contribution in [3.05, 3.63) is 35.4 Å². The largest absolute Gasteiger partial charge is 0.465 e. The highest BCUT2D eigenvalue weighted by molar-refractivity contribution is 5.96. The topological polar surface area (TPSA) is 55.4 Å². The van der Waals surface area contributed by atoms with E-state index in [2.05, 4.69) is 30.8 Å². The van der Waals surface area contributed by atoms with E-state index in [1.165, 1.54) is 20.0 Å². The van der Waals surface area contributed by atoms with E-state index in [9.17, 15) is 9.59 Å². The Kier molecular flexibility index (Phi) is 5.80. The minimum Gasteiger partial charge on any atom is -0.465 e. The van der Waals surface area contributed by atoms with Gasteiger partial charge >= 0.3 is 5.97 Å². The number of hydrogen-bond donors (Lipinski definition) is 1. The molecule has 2 rings (SSSR count). The van der Waals surface area contributed by atoms with Gasteiger partial charge in [0.25, 0.3) is 5.91 Å². The Morgan fingerprint density at radius 2 is 1.74 bits per heavy atom. The maximum Gasteiger partial charge on any atom is 0.337 e. The maximum atomic E-state index is 12.5. The zero-order valence-corrected chi connectivity index (χ0v) is 14.5. The number of nitrogens with one attached hydrogen (secondary N) is 1. The summed E-state index contributed by atoms with van der Waals surface area (Å²) < 4.78 is 4.67. The lowest BCUT2D eigenvalue weighted by atomic mass is 9.74. The summed E-state index contributed by atoms with van der Waals surface area (Å²) in [5, 5.41) is 3.20. The van der Waals surface area contributed by atoms with Gasteiger partial charge in [-0.05, 0) is 54.9 Å². The lowest BCUT2D eigenvalue weighted by molar-refractivity contribution is 0.0600. The fraction of sp³-hybridized carbons (Fsp3) is 0.579. The molecule has 0 aliphatic heterocycles. The number of carbonyl (C=O) groups excluding carboxylic acids is 2. The summed E-state index contributed by atoms with van der Waals surface area (Å²) in [7, 11) is 1.35. The van der Waals surface area contributed by atoms with Crippen molar-refractivity contribution in [1.82, 2.24) is 5.32 Å². The lowest BCUT2D eigenvalue weighted by Crippen LogP contribution is -2.45. The monoisotopic (exact) mass is 317 g/mol. The Labute approximate surface area is 138 Å². The summed E-state index contributed by atoms with van der Waals surface area (Å²) in [6.45, 7) is 6.71. The van der Waals surface area contributed by atoms with Crippen LogP contribution in [0.4, 0.5) is 0 Å². The third-order valence-corrected chi connectivity index (χ3v) is 4.91. The predicted molar refractivity (Wildman–Crippen MR) is 90.4 cm³/mol. The quantitative estimate of drug-likeness (QED) is 0.862. The molecule has 1 aliphatic carbocycles. The average molecular weight is 317 g/mol. The van der Waals surface area contributed by atoms with Crippen LogP contribution in [0.15, 0.2) is 24.3 Å². The van der Waals surface area contributed by atoms with Gasteiger partial charge in [0.15, 0.2) is 0 Å². The first kappa shape index (κ1) is 17.5. The van der Waals surface area contributed by atoms with E-state index < -0.39 is 5.97 Å². The van der Waals surface area contributed by atoms with Gasteiger partial charge in [0.2, 0.25) is 0 Å². The Morgan fingerprint density at radius 3 is 2.30 bits per heavy atom. The summed E-state index contributed by atoms with van der Waals surface area (Å²) in [5.41, 5.74) is 1.04. The van der Waals surface area contributed by atoms with E-state index >= 15 is 0 Å². The van der Waals surface area contributed by atoms with Crippen molar-refractivity contribution in [2.45, 2.75) is 46.1 Å². The molecule has 1 fully saturated rings. The van der Waals surface area contributed by atoms with Crippen molar-refractivity contribution in [3.63, 3.8) is 0 Å². The Morgan fingerprint density at radius 1 is 1.13 bits per heavy atom. The Balaban J connectivity index is 2.06. The molecule has 0 heterocycles. The van der Waals surface area contributed by atoms with Crippen LogP contribution in [0, 0.1) is 17.8 Å². The summed E-state index contributed by atoms with van der Waals surface area (Å²) in [5.74, 6) is 1.29. The highest BCUT2D eigenvalue weighted by Crippen LogP contribution is 2.33. The second-order valence-electron chi connectivity index (χ2n) is 6.97. The highest BCUT2D eigenvalue weighted by Gasteiger charge is 2.31. The first-order valence-corrected chi connectivity index (χ1v) is 8.41. The van der Waals surface area contributed by atoms with Crippen LogP contribution >= 0.6 is 0 Å². The van der Waals surface area contributed by atoms with Crippen molar-refractivity contribution >= 4 is 11.9 Å². The zero-order chi connectivity index (χ0) is 17.0. The van der Waals surface area contributed by atoms with E-state index in [-0.39, 0.29) is 11.9 Å². The molecule has 126 valence electrons. The molecule has 0 aromatic heterocycles. The number of benzene rings is 1. The molecule has 3 atom stereocenters. The SMILES string of the molecule is COC(=O)c1ccc(C(=O)N[C@@H]2C[C@@H](C)CC[C@H]2C(C)C)cc1. The molecular formula is C19H27NO3. The lowest BCUT2D eigenvalue weighted by Gasteiger charge is -2.37. The summed E-state index contributed by atoms with van der Waals surface area (Å²) in [4.78, 5) is 24.0. The van der Waals surface area contributed by atoms with E-state index in [0.717, 1.165) is 6.42 Å². The molecule has 0 unspecified atom stereocenters. The first-order chi connectivity index (χ1) is 10.9. The highest BCUT2D eigenvalue weighted by atomic mass is 16.5. The minimum absolute atomic E-state index is 0.0637. The molecule has 0 bridgehead atoms. The van der Waals surface area contributed by atoms with Gasteiger partial charge in [-0.3, -0.25) is 4.79 Å². The number of methoxy groups -OCH3 is 1. The fourth-order valence-corrected chi connectivity index (χ4v) is 3.50. The first-order valence-electron chi connectivity index (χ1n) is 8.41. The van der Waals surface area contributed by atoms with Crippen molar-refractivity contribution in [1.29, 1.82) is 0 Å². The van der Waals surface area contributed by atoms with E-state index in [1.807, 2.05) is 0 Å². The van der Waals surface area contributed by atoms with Gasteiger partial charge in [0.1, 0.15) is 0 Å². The molecule has 4 heteroatoms. The van der Waals surface area contributed by atoms with Crippen LogP contribution in [0.25, 0.3) is 0 Å². The number of esters is 1. The van der Waals surface area contributed by atoms with Crippen LogP contribution in [0.2, 0.25) is 0 Å². The van der Waals surface area contributed by atoms with Crippen LogP contribution in [-0.2, 0) is 4.74 Å². The number of carbonyl (C=O) groups is 2. The molecule has 23 heavy (non-hydrogen) atoms. The van der Waals surface area contributed by atoms with Gasteiger partial charge in [-0.15, -0.1) is 0 Å². The van der Waals surface area contributed by atoms with Crippen LogP contribution in [-0.4, -0.2) is 25.0 Å². The molecule has 1 N–H and O–H groups in total. The van der Waals surface area contributed by atoms with E-state index in [1.54, 1.807) is 24.3 Å². The van der Waals surface area contributed by atoms with Gasteiger partial charge in [-0.2, -0.15) is 0 Å². The smallest absolute Gasteiger partial charge is 0.337 e. The summed E-state index contributed by atoms with van der Waals surface area (Å²) in [6.07, 6.45) is 3.45. The summed E-state index contributed by atoms with van der Waals surface area (Å²) in [6, 6.07) is 6.84.